The van der Waals surface area contributed by atoms with Crippen molar-refractivity contribution in [2.24, 2.45) is 0 Å². The van der Waals surface area contributed by atoms with Crippen molar-refractivity contribution in [2.75, 3.05) is 19.8 Å². The summed E-state index contributed by atoms with van der Waals surface area (Å²) in [7, 11) is 0. The first kappa shape index (κ1) is 15.0. The van der Waals surface area contributed by atoms with E-state index < -0.39 is 5.97 Å². The Hall–Kier alpha value is -2.02. The Kier molecular flexibility index (Phi) is 5.87. The van der Waals surface area contributed by atoms with Crippen molar-refractivity contribution >= 4 is 12.0 Å². The van der Waals surface area contributed by atoms with E-state index in [0.29, 0.717) is 5.76 Å². The van der Waals surface area contributed by atoms with Crippen molar-refractivity contribution < 1.29 is 23.8 Å². The number of carboxylic acids is 1. The van der Waals surface area contributed by atoms with Gasteiger partial charge in [-0.1, -0.05) is 0 Å². The molecule has 1 unspecified atom stereocenters. The van der Waals surface area contributed by atoms with Crippen molar-refractivity contribution in [3.05, 3.63) is 23.7 Å². The van der Waals surface area contributed by atoms with Crippen LogP contribution < -0.4 is 10.6 Å². The molecule has 1 heterocycles. The number of rotatable bonds is 7. The van der Waals surface area contributed by atoms with E-state index in [2.05, 4.69) is 10.6 Å². The monoisotopic (exact) mass is 270 g/mol. The first-order valence-corrected chi connectivity index (χ1v) is 5.89. The molecule has 7 heteroatoms. The molecule has 1 aromatic heterocycles. The van der Waals surface area contributed by atoms with Crippen LogP contribution in [0.15, 0.2) is 16.5 Å². The molecule has 0 saturated carbocycles. The molecule has 106 valence electrons. The molecule has 0 aromatic carbocycles. The molecule has 3 N–H and O–H groups in total. The fraction of sp³-hybridized carbons (Fsp3) is 0.500. The van der Waals surface area contributed by atoms with E-state index in [0.717, 1.165) is 5.76 Å². The molecule has 0 spiro atoms. The van der Waals surface area contributed by atoms with Gasteiger partial charge in [0, 0.05) is 6.54 Å². The molecule has 1 aromatic rings. The SMILES string of the molecule is Cc1ccc(C(C)NC(=O)NCCOCC(=O)O)o1. The van der Waals surface area contributed by atoms with Crippen LogP contribution in [0.5, 0.6) is 0 Å². The Bertz CT molecular complexity index is 430. The number of urea groups is 1. The van der Waals surface area contributed by atoms with E-state index in [-0.39, 0.29) is 31.8 Å². The highest BCUT2D eigenvalue weighted by Crippen LogP contribution is 2.14. The number of nitrogens with one attached hydrogen (secondary N) is 2. The largest absolute Gasteiger partial charge is 0.480 e. The van der Waals surface area contributed by atoms with Crippen molar-refractivity contribution in [2.45, 2.75) is 19.9 Å². The van der Waals surface area contributed by atoms with E-state index in [1.54, 1.807) is 13.0 Å². The number of carbonyl (C=O) groups is 2. The summed E-state index contributed by atoms with van der Waals surface area (Å²) in [4.78, 5) is 21.7. The minimum absolute atomic E-state index is 0.147. The van der Waals surface area contributed by atoms with Gasteiger partial charge in [0.2, 0.25) is 0 Å². The predicted molar refractivity (Wildman–Crippen MR) is 66.8 cm³/mol. The summed E-state index contributed by atoms with van der Waals surface area (Å²) in [6, 6.07) is 3.02. The van der Waals surface area contributed by atoms with Crippen LogP contribution in [0.4, 0.5) is 4.79 Å². The van der Waals surface area contributed by atoms with Crippen LogP contribution in [0.1, 0.15) is 24.5 Å². The Balaban J connectivity index is 2.18. The van der Waals surface area contributed by atoms with Gasteiger partial charge in [-0.3, -0.25) is 0 Å². The van der Waals surface area contributed by atoms with Gasteiger partial charge in [0.25, 0.3) is 0 Å². The number of aliphatic carboxylic acids is 1. The molecular weight excluding hydrogens is 252 g/mol. The average Bonchev–Trinajstić information content (AvgIpc) is 2.75. The third-order valence-corrected chi connectivity index (χ3v) is 2.29. The minimum atomic E-state index is -1.04. The van der Waals surface area contributed by atoms with Crippen LogP contribution in [0.25, 0.3) is 0 Å². The number of ether oxygens (including phenoxy) is 1. The maximum absolute atomic E-state index is 11.5. The Morgan fingerprint density at radius 1 is 1.47 bits per heavy atom. The summed E-state index contributed by atoms with van der Waals surface area (Å²) >= 11 is 0. The molecular formula is C12H18N2O5. The lowest BCUT2D eigenvalue weighted by Crippen LogP contribution is -2.38. The van der Waals surface area contributed by atoms with Gasteiger partial charge in [0.15, 0.2) is 0 Å². The number of carbonyl (C=O) groups excluding carboxylic acids is 1. The number of amides is 2. The standard InChI is InChI=1S/C12H18N2O5/c1-8-3-4-10(19-8)9(2)14-12(17)13-5-6-18-7-11(15)16/h3-4,9H,5-7H2,1-2H3,(H,15,16)(H2,13,14,17). The Morgan fingerprint density at radius 3 is 2.79 bits per heavy atom. The molecule has 0 aliphatic carbocycles. The lowest BCUT2D eigenvalue weighted by Gasteiger charge is -2.12. The van der Waals surface area contributed by atoms with Crippen molar-refractivity contribution in [3.63, 3.8) is 0 Å². The molecule has 0 bridgehead atoms. The fourth-order valence-electron chi connectivity index (χ4n) is 1.40. The molecule has 0 aliphatic rings. The second-order valence-corrected chi connectivity index (χ2v) is 4.02. The second kappa shape index (κ2) is 7.42. The first-order valence-electron chi connectivity index (χ1n) is 5.89. The highest BCUT2D eigenvalue weighted by molar-refractivity contribution is 5.74. The molecule has 0 fully saturated rings. The minimum Gasteiger partial charge on any atom is -0.480 e. The highest BCUT2D eigenvalue weighted by Gasteiger charge is 2.12. The van der Waals surface area contributed by atoms with Gasteiger partial charge in [-0.15, -0.1) is 0 Å². The predicted octanol–water partition coefficient (Wildman–Crippen LogP) is 1.05. The number of hydrogen-bond acceptors (Lipinski definition) is 4. The third-order valence-electron chi connectivity index (χ3n) is 2.29. The molecule has 0 saturated heterocycles. The smallest absolute Gasteiger partial charge is 0.329 e. The van der Waals surface area contributed by atoms with Crippen LogP contribution in [0, 0.1) is 6.92 Å². The molecule has 0 aliphatic heterocycles. The van der Waals surface area contributed by atoms with Crippen LogP contribution in [-0.2, 0) is 9.53 Å². The average molecular weight is 270 g/mol. The van der Waals surface area contributed by atoms with Crippen LogP contribution >= 0.6 is 0 Å². The van der Waals surface area contributed by atoms with E-state index >= 15 is 0 Å². The van der Waals surface area contributed by atoms with Crippen LogP contribution in [0.2, 0.25) is 0 Å². The zero-order valence-corrected chi connectivity index (χ0v) is 10.9. The number of furan rings is 1. The van der Waals surface area contributed by atoms with E-state index in [1.807, 2.05) is 13.0 Å². The van der Waals surface area contributed by atoms with Crippen LogP contribution in [-0.4, -0.2) is 36.9 Å². The van der Waals surface area contributed by atoms with E-state index in [1.165, 1.54) is 0 Å². The van der Waals surface area contributed by atoms with Gasteiger partial charge in [-0.2, -0.15) is 0 Å². The normalized spacial score (nSPS) is 11.9. The molecule has 1 rings (SSSR count). The molecule has 2 amide bonds. The Labute approximate surface area is 110 Å². The first-order chi connectivity index (χ1) is 8.99. The van der Waals surface area contributed by atoms with Crippen molar-refractivity contribution in [1.82, 2.24) is 10.6 Å². The molecule has 0 radical (unpaired) electrons. The second-order valence-electron chi connectivity index (χ2n) is 4.02. The lowest BCUT2D eigenvalue weighted by atomic mass is 10.2. The summed E-state index contributed by atoms with van der Waals surface area (Å²) in [5, 5.41) is 13.6. The highest BCUT2D eigenvalue weighted by atomic mass is 16.5. The molecule has 1 atom stereocenters. The third kappa shape index (κ3) is 5.91. The molecule has 19 heavy (non-hydrogen) atoms. The lowest BCUT2D eigenvalue weighted by molar-refractivity contribution is -0.142. The van der Waals surface area contributed by atoms with Gasteiger partial charge in [-0.05, 0) is 26.0 Å². The Morgan fingerprint density at radius 2 is 2.21 bits per heavy atom. The van der Waals surface area contributed by atoms with Crippen molar-refractivity contribution in [3.8, 4) is 0 Å². The number of hydrogen-bond donors (Lipinski definition) is 3. The topological polar surface area (TPSA) is 101 Å². The number of carboxylic acid groups (broad SMARTS) is 1. The summed E-state index contributed by atoms with van der Waals surface area (Å²) < 4.78 is 10.2. The quantitative estimate of drug-likeness (QED) is 0.643. The summed E-state index contributed by atoms with van der Waals surface area (Å²) in [5.41, 5.74) is 0. The van der Waals surface area contributed by atoms with E-state index in [4.69, 9.17) is 14.3 Å². The zero-order chi connectivity index (χ0) is 14.3. The van der Waals surface area contributed by atoms with Gasteiger partial charge in [-0.25, -0.2) is 9.59 Å². The number of aryl methyl sites for hydroxylation is 1. The van der Waals surface area contributed by atoms with E-state index in [9.17, 15) is 9.59 Å². The molecule has 7 nitrogen and oxygen atoms in total. The van der Waals surface area contributed by atoms with Gasteiger partial charge in [0.05, 0.1) is 12.6 Å². The fourth-order valence-corrected chi connectivity index (χ4v) is 1.40. The van der Waals surface area contributed by atoms with Crippen molar-refractivity contribution in [1.29, 1.82) is 0 Å². The van der Waals surface area contributed by atoms with Crippen LogP contribution in [0.3, 0.4) is 0 Å². The zero-order valence-electron chi connectivity index (χ0n) is 10.9. The summed E-state index contributed by atoms with van der Waals surface area (Å²) in [6.07, 6.45) is 0. The summed E-state index contributed by atoms with van der Waals surface area (Å²) in [5.74, 6) is 0.423. The van der Waals surface area contributed by atoms with Gasteiger partial charge < -0.3 is 24.9 Å². The van der Waals surface area contributed by atoms with Gasteiger partial charge in [0.1, 0.15) is 18.1 Å². The maximum atomic E-state index is 11.5. The maximum Gasteiger partial charge on any atom is 0.329 e. The summed E-state index contributed by atoms with van der Waals surface area (Å²) in [6.45, 7) is 3.65. The van der Waals surface area contributed by atoms with Gasteiger partial charge >= 0.3 is 12.0 Å².